The summed E-state index contributed by atoms with van der Waals surface area (Å²) in [5.74, 6) is 13.6. The van der Waals surface area contributed by atoms with Gasteiger partial charge in [-0.05, 0) is 95.1 Å². The Balaban J connectivity index is 1.29. The average molecular weight is 555 g/mol. The van der Waals surface area contributed by atoms with Crippen molar-refractivity contribution in [3.05, 3.63) is 128 Å². The summed E-state index contributed by atoms with van der Waals surface area (Å²) in [4.78, 5) is 2.20. The molecule has 40 heavy (non-hydrogen) atoms. The van der Waals surface area contributed by atoms with Gasteiger partial charge in [0.05, 0.1) is 9.75 Å². The van der Waals surface area contributed by atoms with Crippen molar-refractivity contribution in [3.63, 3.8) is 0 Å². The standard InChI is InChI=1S/C38H34S2/c1-3-5-7-29-9-13-31(14-10-29)17-23-37-35(25-27-39-37)33-19-21-34(22-20-33)36-26-28-40-38(36)24-18-32-15-11-30(12-16-32)8-6-4-2/h9-16,19-22,25-28H,3-8H2,1-2H3. The molecule has 2 heterocycles. The molecule has 0 spiro atoms. The van der Waals surface area contributed by atoms with Crippen LogP contribution in [0.15, 0.2) is 95.7 Å². The average Bonchev–Trinajstić information content (AvgIpc) is 3.68. The highest BCUT2D eigenvalue weighted by Gasteiger charge is 2.08. The second kappa shape index (κ2) is 14.0. The van der Waals surface area contributed by atoms with E-state index in [9.17, 15) is 0 Å². The van der Waals surface area contributed by atoms with Gasteiger partial charge >= 0.3 is 0 Å². The third-order valence-corrected chi connectivity index (χ3v) is 8.68. The van der Waals surface area contributed by atoms with Crippen LogP contribution in [-0.4, -0.2) is 0 Å². The lowest BCUT2D eigenvalue weighted by atomic mass is 10.0. The number of benzene rings is 3. The summed E-state index contributed by atoms with van der Waals surface area (Å²) in [6.45, 7) is 4.46. The lowest BCUT2D eigenvalue weighted by Crippen LogP contribution is -1.85. The molecule has 0 radical (unpaired) electrons. The summed E-state index contributed by atoms with van der Waals surface area (Å²) in [5.41, 5.74) is 9.67. The molecule has 5 aromatic rings. The monoisotopic (exact) mass is 554 g/mol. The lowest BCUT2D eigenvalue weighted by Gasteiger charge is -2.04. The highest BCUT2D eigenvalue weighted by Crippen LogP contribution is 2.32. The SMILES string of the molecule is CCCCc1ccc(C#Cc2sccc2-c2ccc(-c3ccsc3C#Cc3ccc(CCCC)cc3)cc2)cc1. The first-order valence-electron chi connectivity index (χ1n) is 14.2. The Labute approximate surface area is 247 Å². The molecule has 0 N–H and O–H groups in total. The molecule has 0 bridgehead atoms. The third-order valence-electron chi connectivity index (χ3n) is 7.02. The van der Waals surface area contributed by atoms with Crippen LogP contribution in [0.4, 0.5) is 0 Å². The summed E-state index contributed by atoms with van der Waals surface area (Å²) in [7, 11) is 0. The largest absolute Gasteiger partial charge is 0.135 e. The molecule has 5 rings (SSSR count). The van der Waals surface area contributed by atoms with E-state index in [1.165, 1.54) is 59.1 Å². The Kier molecular flexibility index (Phi) is 9.71. The maximum Gasteiger partial charge on any atom is 0.0850 e. The highest BCUT2D eigenvalue weighted by molar-refractivity contribution is 7.11. The molecule has 2 aromatic heterocycles. The quantitative estimate of drug-likeness (QED) is 0.167. The zero-order valence-corrected chi connectivity index (χ0v) is 24.9. The van der Waals surface area contributed by atoms with Gasteiger partial charge in [-0.3, -0.25) is 0 Å². The molecular weight excluding hydrogens is 521 g/mol. The van der Waals surface area contributed by atoms with Crippen molar-refractivity contribution in [2.45, 2.75) is 52.4 Å². The number of aryl methyl sites for hydroxylation is 2. The van der Waals surface area contributed by atoms with Crippen molar-refractivity contribution in [1.29, 1.82) is 0 Å². The number of unbranched alkanes of at least 4 members (excludes halogenated alkanes) is 2. The van der Waals surface area contributed by atoms with Gasteiger partial charge < -0.3 is 0 Å². The molecule has 198 valence electrons. The second-order valence-corrected chi connectivity index (χ2v) is 11.8. The van der Waals surface area contributed by atoms with Gasteiger partial charge in [0.25, 0.3) is 0 Å². The summed E-state index contributed by atoms with van der Waals surface area (Å²) in [5, 5.41) is 4.26. The van der Waals surface area contributed by atoms with E-state index in [4.69, 9.17) is 0 Å². The smallest absolute Gasteiger partial charge is 0.0850 e. The first-order valence-corrected chi connectivity index (χ1v) is 16.0. The molecular formula is C38H34S2. The van der Waals surface area contributed by atoms with Gasteiger partial charge in [-0.15, -0.1) is 22.7 Å². The molecule has 3 aromatic carbocycles. The first kappa shape index (κ1) is 27.7. The van der Waals surface area contributed by atoms with Crippen LogP contribution in [0.25, 0.3) is 22.3 Å². The van der Waals surface area contributed by atoms with E-state index in [0.717, 1.165) is 33.7 Å². The van der Waals surface area contributed by atoms with Crippen LogP contribution in [0.1, 0.15) is 71.5 Å². The topological polar surface area (TPSA) is 0 Å². The van der Waals surface area contributed by atoms with Crippen LogP contribution in [0.2, 0.25) is 0 Å². The van der Waals surface area contributed by atoms with Gasteiger partial charge in [0.1, 0.15) is 0 Å². The Morgan fingerprint density at radius 3 is 1.25 bits per heavy atom. The predicted molar refractivity (Wildman–Crippen MR) is 175 cm³/mol. The van der Waals surface area contributed by atoms with Crippen molar-refractivity contribution in [3.8, 4) is 45.9 Å². The molecule has 0 amide bonds. The van der Waals surface area contributed by atoms with Crippen molar-refractivity contribution in [1.82, 2.24) is 0 Å². The van der Waals surface area contributed by atoms with Crippen LogP contribution < -0.4 is 0 Å². The van der Waals surface area contributed by atoms with Crippen LogP contribution in [0, 0.1) is 23.7 Å². The van der Waals surface area contributed by atoms with Crippen LogP contribution in [-0.2, 0) is 12.8 Å². The number of hydrogen-bond acceptors (Lipinski definition) is 2. The number of rotatable bonds is 8. The fourth-order valence-electron chi connectivity index (χ4n) is 4.63. The highest BCUT2D eigenvalue weighted by atomic mass is 32.1. The minimum atomic E-state index is 1.06. The third kappa shape index (κ3) is 7.22. The summed E-state index contributed by atoms with van der Waals surface area (Å²) >= 11 is 3.40. The predicted octanol–water partition coefficient (Wildman–Crippen LogP) is 10.6. The van der Waals surface area contributed by atoms with Gasteiger partial charge in [-0.2, -0.15) is 0 Å². The first-order chi connectivity index (χ1) is 19.7. The van der Waals surface area contributed by atoms with Crippen LogP contribution in [0.3, 0.4) is 0 Å². The molecule has 0 saturated carbocycles. The molecule has 0 aliphatic carbocycles. The molecule has 0 nitrogen and oxygen atoms in total. The molecule has 0 fully saturated rings. The normalized spacial score (nSPS) is 10.4. The maximum atomic E-state index is 3.42. The summed E-state index contributed by atoms with van der Waals surface area (Å²) < 4.78 is 0. The van der Waals surface area contributed by atoms with Crippen molar-refractivity contribution < 1.29 is 0 Å². The second-order valence-electron chi connectivity index (χ2n) is 10.0. The van der Waals surface area contributed by atoms with Gasteiger partial charge in [0.15, 0.2) is 0 Å². The van der Waals surface area contributed by atoms with E-state index in [2.05, 4.69) is 133 Å². The van der Waals surface area contributed by atoms with E-state index in [1.54, 1.807) is 22.7 Å². The fraction of sp³-hybridized carbons (Fsp3) is 0.211. The Hall–Kier alpha value is -3.82. The number of hydrogen-bond donors (Lipinski definition) is 0. The molecule has 0 aliphatic rings. The van der Waals surface area contributed by atoms with Gasteiger partial charge in [0, 0.05) is 22.3 Å². The van der Waals surface area contributed by atoms with Gasteiger partial charge in [-0.25, -0.2) is 0 Å². The molecule has 0 saturated heterocycles. The lowest BCUT2D eigenvalue weighted by molar-refractivity contribution is 0.795. The zero-order chi connectivity index (χ0) is 27.6. The van der Waals surface area contributed by atoms with Crippen molar-refractivity contribution in [2.24, 2.45) is 0 Å². The summed E-state index contributed by atoms with van der Waals surface area (Å²) in [6, 6.07) is 30.6. The van der Waals surface area contributed by atoms with Crippen LogP contribution in [0.5, 0.6) is 0 Å². The zero-order valence-electron chi connectivity index (χ0n) is 23.3. The fourth-order valence-corrected chi connectivity index (χ4v) is 6.15. The minimum absolute atomic E-state index is 1.06. The van der Waals surface area contributed by atoms with Crippen LogP contribution >= 0.6 is 22.7 Å². The Bertz CT molecular complexity index is 1510. The Morgan fingerprint density at radius 2 is 0.875 bits per heavy atom. The minimum Gasteiger partial charge on any atom is -0.135 e. The molecule has 0 aliphatic heterocycles. The van der Waals surface area contributed by atoms with Crippen molar-refractivity contribution >= 4 is 22.7 Å². The van der Waals surface area contributed by atoms with E-state index in [-0.39, 0.29) is 0 Å². The van der Waals surface area contributed by atoms with E-state index in [1.807, 2.05) is 0 Å². The maximum absolute atomic E-state index is 3.42. The van der Waals surface area contributed by atoms with Gasteiger partial charge in [0.2, 0.25) is 0 Å². The molecule has 2 heteroatoms. The molecule has 0 atom stereocenters. The van der Waals surface area contributed by atoms with Gasteiger partial charge in [-0.1, -0.05) is 98.9 Å². The Morgan fingerprint density at radius 1 is 0.475 bits per heavy atom. The van der Waals surface area contributed by atoms with E-state index >= 15 is 0 Å². The molecule has 0 unspecified atom stereocenters. The summed E-state index contributed by atoms with van der Waals surface area (Å²) in [6.07, 6.45) is 7.19. The van der Waals surface area contributed by atoms with E-state index in [0.29, 0.717) is 0 Å². The van der Waals surface area contributed by atoms with E-state index < -0.39 is 0 Å². The van der Waals surface area contributed by atoms with Crippen molar-refractivity contribution in [2.75, 3.05) is 0 Å². The number of thiophene rings is 2.